The highest BCUT2D eigenvalue weighted by Gasteiger charge is 2.37. The van der Waals surface area contributed by atoms with Gasteiger partial charge in [0.15, 0.2) is 0 Å². The van der Waals surface area contributed by atoms with E-state index in [1.807, 2.05) is 13.8 Å². The van der Waals surface area contributed by atoms with E-state index < -0.39 is 5.41 Å². The van der Waals surface area contributed by atoms with Crippen LogP contribution in [-0.2, 0) is 4.79 Å². The van der Waals surface area contributed by atoms with Gasteiger partial charge in [-0.3, -0.25) is 4.79 Å². The van der Waals surface area contributed by atoms with Crippen molar-refractivity contribution >= 4 is 23.2 Å². The molecule has 1 aromatic rings. The minimum atomic E-state index is -0.956. The van der Waals surface area contributed by atoms with E-state index in [9.17, 15) is 10.1 Å². The smallest absolute Gasteiger partial charge is 0.244 e. The first kappa shape index (κ1) is 15.5. The Kier molecular flexibility index (Phi) is 5.85. The Balaban J connectivity index is 2.95. The van der Waals surface area contributed by atoms with Gasteiger partial charge in [-0.15, -0.1) is 0 Å². The van der Waals surface area contributed by atoms with Crippen LogP contribution in [0, 0.1) is 16.7 Å². The molecule has 0 unspecified atom stereocenters. The SMILES string of the molecule is CCCC(C#N)(CCC)C(=O)Nc1ccccc1Cl. The number of nitriles is 1. The van der Waals surface area contributed by atoms with Crippen LogP contribution >= 0.6 is 11.6 Å². The molecule has 0 saturated heterocycles. The van der Waals surface area contributed by atoms with Crippen LogP contribution in [0.2, 0.25) is 5.02 Å². The molecule has 4 heteroatoms. The second kappa shape index (κ2) is 7.16. The van der Waals surface area contributed by atoms with Crippen LogP contribution in [0.25, 0.3) is 0 Å². The first-order valence-electron chi connectivity index (χ1n) is 6.57. The van der Waals surface area contributed by atoms with Gasteiger partial charge in [-0.2, -0.15) is 5.26 Å². The maximum Gasteiger partial charge on any atom is 0.244 e. The summed E-state index contributed by atoms with van der Waals surface area (Å²) >= 11 is 6.02. The van der Waals surface area contributed by atoms with Crippen LogP contribution < -0.4 is 5.32 Å². The van der Waals surface area contributed by atoms with Crippen molar-refractivity contribution in [2.45, 2.75) is 39.5 Å². The Morgan fingerprint density at radius 1 is 1.32 bits per heavy atom. The Bertz CT molecular complexity index is 473. The van der Waals surface area contributed by atoms with Crippen molar-refractivity contribution < 1.29 is 4.79 Å². The van der Waals surface area contributed by atoms with Crippen molar-refractivity contribution in [3.05, 3.63) is 29.3 Å². The highest BCUT2D eigenvalue weighted by atomic mass is 35.5. The molecule has 1 aromatic carbocycles. The third-order valence-electron chi connectivity index (χ3n) is 3.12. The first-order chi connectivity index (χ1) is 9.09. The van der Waals surface area contributed by atoms with Crippen molar-refractivity contribution in [3.63, 3.8) is 0 Å². The summed E-state index contributed by atoms with van der Waals surface area (Å²) in [6.07, 6.45) is 2.72. The van der Waals surface area contributed by atoms with E-state index in [0.29, 0.717) is 23.6 Å². The third kappa shape index (κ3) is 3.71. The number of anilines is 1. The topological polar surface area (TPSA) is 52.9 Å². The maximum atomic E-state index is 12.4. The molecule has 1 rings (SSSR count). The summed E-state index contributed by atoms with van der Waals surface area (Å²) in [5, 5.41) is 12.7. The largest absolute Gasteiger partial charge is 0.323 e. The molecular formula is C15H19ClN2O. The Hall–Kier alpha value is -1.53. The lowest BCUT2D eigenvalue weighted by Gasteiger charge is -2.24. The predicted molar refractivity (Wildman–Crippen MR) is 77.9 cm³/mol. The number of rotatable bonds is 6. The lowest BCUT2D eigenvalue weighted by Crippen LogP contribution is -2.35. The lowest BCUT2D eigenvalue weighted by molar-refractivity contribution is -0.123. The monoisotopic (exact) mass is 278 g/mol. The van der Waals surface area contributed by atoms with Crippen molar-refractivity contribution in [2.24, 2.45) is 5.41 Å². The molecule has 0 aliphatic rings. The molecule has 0 spiro atoms. The zero-order chi connectivity index (χ0) is 14.3. The summed E-state index contributed by atoms with van der Waals surface area (Å²) in [5.41, 5.74) is -0.399. The molecule has 0 aromatic heterocycles. The van der Waals surface area contributed by atoms with Gasteiger partial charge in [-0.25, -0.2) is 0 Å². The van der Waals surface area contributed by atoms with Crippen molar-refractivity contribution in [2.75, 3.05) is 5.32 Å². The molecule has 0 fully saturated rings. The molecule has 0 bridgehead atoms. The molecular weight excluding hydrogens is 260 g/mol. The van der Waals surface area contributed by atoms with Crippen LogP contribution in [-0.4, -0.2) is 5.91 Å². The molecule has 1 N–H and O–H groups in total. The molecule has 0 aliphatic carbocycles. The zero-order valence-electron chi connectivity index (χ0n) is 11.4. The Morgan fingerprint density at radius 3 is 2.37 bits per heavy atom. The third-order valence-corrected chi connectivity index (χ3v) is 3.45. The molecule has 0 radical (unpaired) electrons. The van der Waals surface area contributed by atoms with Crippen LogP contribution in [0.4, 0.5) is 5.69 Å². The van der Waals surface area contributed by atoms with Crippen molar-refractivity contribution in [1.29, 1.82) is 5.26 Å². The van der Waals surface area contributed by atoms with Gasteiger partial charge < -0.3 is 5.32 Å². The van der Waals surface area contributed by atoms with E-state index in [1.165, 1.54) is 0 Å². The van der Waals surface area contributed by atoms with Gasteiger partial charge in [0.05, 0.1) is 16.8 Å². The highest BCUT2D eigenvalue weighted by Crippen LogP contribution is 2.32. The van der Waals surface area contributed by atoms with Crippen molar-refractivity contribution in [3.8, 4) is 6.07 Å². The van der Waals surface area contributed by atoms with Gasteiger partial charge >= 0.3 is 0 Å². The number of carbonyl (C=O) groups is 1. The lowest BCUT2D eigenvalue weighted by atomic mass is 9.79. The molecule has 19 heavy (non-hydrogen) atoms. The first-order valence-corrected chi connectivity index (χ1v) is 6.94. The molecule has 0 aliphatic heterocycles. The van der Waals surface area contributed by atoms with Gasteiger partial charge in [0.2, 0.25) is 5.91 Å². The fourth-order valence-corrected chi connectivity index (χ4v) is 2.36. The number of amides is 1. The predicted octanol–water partition coefficient (Wildman–Crippen LogP) is 4.39. The number of hydrogen-bond donors (Lipinski definition) is 1. The molecule has 0 heterocycles. The van der Waals surface area contributed by atoms with Crippen LogP contribution in [0.1, 0.15) is 39.5 Å². The molecule has 0 saturated carbocycles. The molecule has 0 atom stereocenters. The number of halogens is 1. The van der Waals surface area contributed by atoms with Crippen LogP contribution in [0.5, 0.6) is 0 Å². The summed E-state index contributed by atoms with van der Waals surface area (Å²) in [5.74, 6) is -0.258. The fourth-order valence-electron chi connectivity index (χ4n) is 2.17. The number of carbonyl (C=O) groups excluding carboxylic acids is 1. The standard InChI is InChI=1S/C15H19ClN2O/c1-3-9-15(11-17,10-4-2)14(19)18-13-8-6-5-7-12(13)16/h5-8H,3-4,9-10H2,1-2H3,(H,18,19). The van der Waals surface area contributed by atoms with E-state index in [-0.39, 0.29) is 5.91 Å². The molecule has 102 valence electrons. The summed E-state index contributed by atoms with van der Waals surface area (Å²) < 4.78 is 0. The Labute approximate surface area is 119 Å². The second-order valence-corrected chi connectivity index (χ2v) is 5.04. The van der Waals surface area contributed by atoms with Crippen LogP contribution in [0.3, 0.4) is 0 Å². The average molecular weight is 279 g/mol. The van der Waals surface area contributed by atoms with Gasteiger partial charge in [0.1, 0.15) is 5.41 Å². The normalized spacial score (nSPS) is 10.8. The zero-order valence-corrected chi connectivity index (χ0v) is 12.1. The maximum absolute atomic E-state index is 12.4. The van der Waals surface area contributed by atoms with Crippen LogP contribution in [0.15, 0.2) is 24.3 Å². The summed E-state index contributed by atoms with van der Waals surface area (Å²) in [4.78, 5) is 12.4. The number of hydrogen-bond acceptors (Lipinski definition) is 2. The fraction of sp³-hybridized carbons (Fsp3) is 0.467. The summed E-state index contributed by atoms with van der Waals surface area (Å²) in [6, 6.07) is 9.25. The minimum Gasteiger partial charge on any atom is -0.323 e. The van der Waals surface area contributed by atoms with Gasteiger partial charge in [0, 0.05) is 0 Å². The molecule has 3 nitrogen and oxygen atoms in total. The van der Waals surface area contributed by atoms with Gasteiger partial charge in [-0.1, -0.05) is 50.4 Å². The minimum absolute atomic E-state index is 0.258. The van der Waals surface area contributed by atoms with E-state index >= 15 is 0 Å². The molecule has 1 amide bonds. The second-order valence-electron chi connectivity index (χ2n) is 4.63. The summed E-state index contributed by atoms with van der Waals surface area (Å²) in [6.45, 7) is 3.95. The number of benzene rings is 1. The van der Waals surface area contributed by atoms with E-state index in [0.717, 1.165) is 12.8 Å². The van der Waals surface area contributed by atoms with E-state index in [1.54, 1.807) is 24.3 Å². The summed E-state index contributed by atoms with van der Waals surface area (Å²) in [7, 11) is 0. The van der Waals surface area contributed by atoms with Gasteiger partial charge in [-0.05, 0) is 25.0 Å². The number of nitrogens with one attached hydrogen (secondary N) is 1. The van der Waals surface area contributed by atoms with E-state index in [4.69, 9.17) is 11.6 Å². The Morgan fingerprint density at radius 2 is 1.89 bits per heavy atom. The quantitative estimate of drug-likeness (QED) is 0.839. The number of nitrogens with zero attached hydrogens (tertiary/aromatic N) is 1. The van der Waals surface area contributed by atoms with Gasteiger partial charge in [0.25, 0.3) is 0 Å². The van der Waals surface area contributed by atoms with E-state index in [2.05, 4.69) is 11.4 Å². The number of para-hydroxylation sites is 1. The van der Waals surface area contributed by atoms with Crippen molar-refractivity contribution in [1.82, 2.24) is 0 Å². The highest BCUT2D eigenvalue weighted by molar-refractivity contribution is 6.33. The average Bonchev–Trinajstić information content (AvgIpc) is 2.41.